The van der Waals surface area contributed by atoms with E-state index in [9.17, 15) is 9.90 Å². The van der Waals surface area contributed by atoms with Gasteiger partial charge in [-0.05, 0) is 19.9 Å². The van der Waals surface area contributed by atoms with Crippen LogP contribution >= 0.6 is 0 Å². The lowest BCUT2D eigenvalue weighted by molar-refractivity contribution is -0.125. The summed E-state index contributed by atoms with van der Waals surface area (Å²) in [6, 6.07) is 0. The van der Waals surface area contributed by atoms with Crippen molar-refractivity contribution in [2.75, 3.05) is 19.6 Å². The third kappa shape index (κ3) is 6.80. The highest BCUT2D eigenvalue weighted by atomic mass is 16.3. The summed E-state index contributed by atoms with van der Waals surface area (Å²) in [5.74, 6) is -0.0605. The Balaban J connectivity index is 3.87. The number of nitrogens with one attached hydrogen (secondary N) is 2. The van der Waals surface area contributed by atoms with Crippen molar-refractivity contribution in [2.24, 2.45) is 5.92 Å². The smallest absolute Gasteiger partial charge is 0.224 e. The molecule has 0 aromatic rings. The second kappa shape index (κ2) is 7.63. The van der Waals surface area contributed by atoms with Crippen LogP contribution in [0.4, 0.5) is 0 Å². The van der Waals surface area contributed by atoms with Gasteiger partial charge in [0.1, 0.15) is 0 Å². The zero-order valence-corrected chi connectivity index (χ0v) is 11.0. The molecule has 3 N–H and O–H groups in total. The molecule has 16 heavy (non-hydrogen) atoms. The Morgan fingerprint density at radius 2 is 2.06 bits per heavy atom. The molecule has 4 nitrogen and oxygen atoms in total. The van der Waals surface area contributed by atoms with Crippen LogP contribution in [0.2, 0.25) is 0 Å². The number of carbonyl (C=O) groups excluding carboxylic acids is 1. The summed E-state index contributed by atoms with van der Waals surface area (Å²) < 4.78 is 0. The topological polar surface area (TPSA) is 61.4 Å². The van der Waals surface area contributed by atoms with E-state index in [0.29, 0.717) is 19.5 Å². The predicted molar refractivity (Wildman–Crippen MR) is 66.2 cm³/mol. The van der Waals surface area contributed by atoms with Gasteiger partial charge < -0.3 is 15.7 Å². The third-order valence-corrected chi connectivity index (χ3v) is 2.58. The van der Waals surface area contributed by atoms with Gasteiger partial charge in [0.05, 0.1) is 5.60 Å². The minimum Gasteiger partial charge on any atom is -0.388 e. The van der Waals surface area contributed by atoms with Gasteiger partial charge in [-0.3, -0.25) is 4.79 Å². The number of carbonyl (C=O) groups is 1. The third-order valence-electron chi connectivity index (χ3n) is 2.58. The van der Waals surface area contributed by atoms with Gasteiger partial charge in [0.25, 0.3) is 0 Å². The molecule has 0 rings (SSSR count). The van der Waals surface area contributed by atoms with Crippen LogP contribution in [0.3, 0.4) is 0 Å². The lowest BCUT2D eigenvalue weighted by Gasteiger charge is -2.24. The normalized spacial score (nSPS) is 16.6. The van der Waals surface area contributed by atoms with Crippen LogP contribution in [0.1, 0.15) is 40.5 Å². The monoisotopic (exact) mass is 230 g/mol. The van der Waals surface area contributed by atoms with Crippen molar-refractivity contribution < 1.29 is 9.90 Å². The number of hydrogen-bond donors (Lipinski definition) is 3. The molecule has 2 atom stereocenters. The van der Waals surface area contributed by atoms with Crippen LogP contribution in [0.5, 0.6) is 0 Å². The fourth-order valence-electron chi connectivity index (χ4n) is 1.53. The Morgan fingerprint density at radius 1 is 1.44 bits per heavy atom. The number of aliphatic hydroxyl groups is 1. The molecule has 0 saturated carbocycles. The maximum absolute atomic E-state index is 11.6. The first-order valence-electron chi connectivity index (χ1n) is 6.13. The second-order valence-corrected chi connectivity index (χ2v) is 4.67. The standard InChI is InChI=1S/C12H26N2O2/c1-5-7-12(4,16)9-14-11(15)10(3)8-13-6-2/h10,13,16H,5-9H2,1-4H3,(H,14,15). The Labute approximate surface area is 98.8 Å². The van der Waals surface area contributed by atoms with Crippen LogP contribution < -0.4 is 10.6 Å². The summed E-state index contributed by atoms with van der Waals surface area (Å²) in [5, 5.41) is 15.8. The second-order valence-electron chi connectivity index (χ2n) is 4.67. The van der Waals surface area contributed by atoms with E-state index in [2.05, 4.69) is 10.6 Å². The molecule has 4 heteroatoms. The average Bonchev–Trinajstić information content (AvgIpc) is 2.22. The van der Waals surface area contributed by atoms with Gasteiger partial charge >= 0.3 is 0 Å². The Bertz CT molecular complexity index is 205. The molecule has 0 aromatic heterocycles. The highest BCUT2D eigenvalue weighted by Crippen LogP contribution is 2.10. The van der Waals surface area contributed by atoms with Crippen molar-refractivity contribution in [3.8, 4) is 0 Å². The lowest BCUT2D eigenvalue weighted by Crippen LogP contribution is -2.44. The predicted octanol–water partition coefficient (Wildman–Crippen LogP) is 0.899. The van der Waals surface area contributed by atoms with Gasteiger partial charge in [-0.1, -0.05) is 27.2 Å². The Morgan fingerprint density at radius 3 is 2.56 bits per heavy atom. The van der Waals surface area contributed by atoms with Gasteiger partial charge in [-0.25, -0.2) is 0 Å². The Hall–Kier alpha value is -0.610. The molecule has 1 amide bonds. The van der Waals surface area contributed by atoms with Gasteiger partial charge in [0.2, 0.25) is 5.91 Å². The van der Waals surface area contributed by atoms with E-state index in [4.69, 9.17) is 0 Å². The van der Waals surface area contributed by atoms with Crippen LogP contribution in [0.25, 0.3) is 0 Å². The Kier molecular flexibility index (Phi) is 7.34. The van der Waals surface area contributed by atoms with Crippen LogP contribution in [-0.4, -0.2) is 36.2 Å². The summed E-state index contributed by atoms with van der Waals surface area (Å²) in [4.78, 5) is 11.6. The zero-order valence-electron chi connectivity index (χ0n) is 11.0. The molecule has 2 unspecified atom stereocenters. The van der Waals surface area contributed by atoms with E-state index in [1.54, 1.807) is 6.92 Å². The molecule has 96 valence electrons. The quantitative estimate of drug-likeness (QED) is 0.580. The fraction of sp³-hybridized carbons (Fsp3) is 0.917. The molecule has 0 aliphatic carbocycles. The highest BCUT2D eigenvalue weighted by Gasteiger charge is 2.21. The van der Waals surface area contributed by atoms with E-state index >= 15 is 0 Å². The number of hydrogen-bond acceptors (Lipinski definition) is 3. The van der Waals surface area contributed by atoms with Crippen molar-refractivity contribution in [2.45, 2.75) is 46.1 Å². The highest BCUT2D eigenvalue weighted by molar-refractivity contribution is 5.78. The van der Waals surface area contributed by atoms with Gasteiger partial charge in [-0.15, -0.1) is 0 Å². The first-order chi connectivity index (χ1) is 7.43. The number of rotatable bonds is 8. The molecule has 0 spiro atoms. The van der Waals surface area contributed by atoms with Gasteiger partial charge in [-0.2, -0.15) is 0 Å². The fourth-order valence-corrected chi connectivity index (χ4v) is 1.53. The van der Waals surface area contributed by atoms with Crippen LogP contribution in [0.15, 0.2) is 0 Å². The first-order valence-corrected chi connectivity index (χ1v) is 6.13. The number of amides is 1. The van der Waals surface area contributed by atoms with E-state index in [0.717, 1.165) is 13.0 Å². The van der Waals surface area contributed by atoms with Gasteiger partial charge in [0.15, 0.2) is 0 Å². The maximum Gasteiger partial charge on any atom is 0.224 e. The summed E-state index contributed by atoms with van der Waals surface area (Å²) in [7, 11) is 0. The van der Waals surface area contributed by atoms with Crippen molar-refractivity contribution in [1.29, 1.82) is 0 Å². The van der Waals surface area contributed by atoms with Gasteiger partial charge in [0, 0.05) is 19.0 Å². The van der Waals surface area contributed by atoms with E-state index in [1.807, 2.05) is 20.8 Å². The molecule has 0 bridgehead atoms. The van der Waals surface area contributed by atoms with Crippen LogP contribution in [0, 0.1) is 5.92 Å². The summed E-state index contributed by atoms with van der Waals surface area (Å²) in [6.45, 7) is 9.54. The maximum atomic E-state index is 11.6. The van der Waals surface area contributed by atoms with Crippen molar-refractivity contribution in [3.63, 3.8) is 0 Å². The molecular formula is C12H26N2O2. The SMILES string of the molecule is CCCC(C)(O)CNC(=O)C(C)CNCC. The summed E-state index contributed by atoms with van der Waals surface area (Å²) >= 11 is 0. The largest absolute Gasteiger partial charge is 0.388 e. The zero-order chi connectivity index (χ0) is 12.6. The summed E-state index contributed by atoms with van der Waals surface area (Å²) in [5.41, 5.74) is -0.789. The molecule has 0 heterocycles. The van der Waals surface area contributed by atoms with E-state index < -0.39 is 5.60 Å². The molecular weight excluding hydrogens is 204 g/mol. The first kappa shape index (κ1) is 15.4. The minimum absolute atomic E-state index is 0.00247. The molecule has 0 fully saturated rings. The van der Waals surface area contributed by atoms with Crippen LogP contribution in [-0.2, 0) is 4.79 Å². The lowest BCUT2D eigenvalue weighted by atomic mass is 10.0. The minimum atomic E-state index is -0.789. The van der Waals surface area contributed by atoms with Crippen molar-refractivity contribution in [1.82, 2.24) is 10.6 Å². The molecule has 0 radical (unpaired) electrons. The average molecular weight is 230 g/mol. The van der Waals surface area contributed by atoms with Crippen molar-refractivity contribution >= 4 is 5.91 Å². The molecule has 0 aliphatic heterocycles. The summed E-state index contributed by atoms with van der Waals surface area (Å²) in [6.07, 6.45) is 1.62. The van der Waals surface area contributed by atoms with E-state index in [1.165, 1.54) is 0 Å². The van der Waals surface area contributed by atoms with E-state index in [-0.39, 0.29) is 11.8 Å². The molecule has 0 saturated heterocycles. The van der Waals surface area contributed by atoms with Crippen molar-refractivity contribution in [3.05, 3.63) is 0 Å². The molecule has 0 aromatic carbocycles. The molecule has 0 aliphatic rings.